The van der Waals surface area contributed by atoms with Gasteiger partial charge < -0.3 is 9.64 Å². The summed E-state index contributed by atoms with van der Waals surface area (Å²) in [6, 6.07) is 19.5. The SMILES string of the molecule is CCCc1ccc(C(=O)/C(C#N)=C/c2cc3ccccc3nc2N2CCOCC2)cc1. The minimum atomic E-state index is -0.272. The average Bonchev–Trinajstić information content (AvgIpc) is 2.83. The second-order valence-corrected chi connectivity index (χ2v) is 7.64. The summed E-state index contributed by atoms with van der Waals surface area (Å²) in [5.41, 5.74) is 3.48. The molecular formula is C26H25N3O2. The molecule has 156 valence electrons. The Morgan fingerprint density at radius 1 is 1.16 bits per heavy atom. The highest BCUT2D eigenvalue weighted by Gasteiger charge is 2.19. The van der Waals surface area contributed by atoms with Crippen LogP contribution in [0.1, 0.15) is 34.8 Å². The van der Waals surface area contributed by atoms with Gasteiger partial charge in [0.2, 0.25) is 5.78 Å². The molecule has 0 unspecified atom stereocenters. The van der Waals surface area contributed by atoms with Crippen LogP contribution in [0.4, 0.5) is 5.82 Å². The highest BCUT2D eigenvalue weighted by Crippen LogP contribution is 2.27. The molecular weight excluding hydrogens is 386 g/mol. The van der Waals surface area contributed by atoms with Gasteiger partial charge in [-0.15, -0.1) is 0 Å². The van der Waals surface area contributed by atoms with Crippen LogP contribution < -0.4 is 4.90 Å². The highest BCUT2D eigenvalue weighted by atomic mass is 16.5. The van der Waals surface area contributed by atoms with Crippen molar-refractivity contribution in [3.63, 3.8) is 0 Å². The molecule has 1 aromatic heterocycles. The second-order valence-electron chi connectivity index (χ2n) is 7.64. The molecule has 1 aliphatic rings. The van der Waals surface area contributed by atoms with E-state index in [-0.39, 0.29) is 11.4 Å². The first-order valence-corrected chi connectivity index (χ1v) is 10.7. The van der Waals surface area contributed by atoms with Crippen LogP contribution in [0.5, 0.6) is 0 Å². The third-order valence-electron chi connectivity index (χ3n) is 5.46. The Hall–Kier alpha value is -3.49. The number of pyridine rings is 1. The zero-order valence-electron chi connectivity index (χ0n) is 17.7. The molecule has 0 atom stereocenters. The number of para-hydroxylation sites is 1. The Labute approximate surface area is 182 Å². The minimum Gasteiger partial charge on any atom is -0.378 e. The lowest BCUT2D eigenvalue weighted by molar-refractivity contribution is 0.104. The van der Waals surface area contributed by atoms with Crippen LogP contribution in [0.3, 0.4) is 0 Å². The number of aryl methyl sites for hydroxylation is 1. The van der Waals surface area contributed by atoms with E-state index in [1.54, 1.807) is 18.2 Å². The van der Waals surface area contributed by atoms with Gasteiger partial charge >= 0.3 is 0 Å². The number of fused-ring (bicyclic) bond motifs is 1. The lowest BCUT2D eigenvalue weighted by atomic mass is 9.99. The van der Waals surface area contributed by atoms with E-state index in [0.717, 1.165) is 48.2 Å². The normalized spacial score (nSPS) is 14.5. The maximum atomic E-state index is 13.1. The fourth-order valence-corrected chi connectivity index (χ4v) is 3.83. The third kappa shape index (κ3) is 4.65. The Morgan fingerprint density at radius 3 is 2.61 bits per heavy atom. The van der Waals surface area contributed by atoms with Gasteiger partial charge in [-0.05, 0) is 30.2 Å². The van der Waals surface area contributed by atoms with Crippen molar-refractivity contribution in [2.24, 2.45) is 0 Å². The quantitative estimate of drug-likeness (QED) is 0.331. The Kier molecular flexibility index (Phi) is 6.40. The molecule has 1 fully saturated rings. The fourth-order valence-electron chi connectivity index (χ4n) is 3.83. The van der Waals surface area contributed by atoms with Gasteiger partial charge in [-0.25, -0.2) is 4.98 Å². The number of hydrogen-bond donors (Lipinski definition) is 0. The summed E-state index contributed by atoms with van der Waals surface area (Å²) < 4.78 is 5.48. The molecule has 4 rings (SSSR count). The molecule has 1 saturated heterocycles. The number of Topliss-reactive ketones (excluding diaryl/α,β-unsaturated/α-hetero) is 1. The summed E-state index contributed by atoms with van der Waals surface area (Å²) in [6.07, 6.45) is 3.70. The predicted molar refractivity (Wildman–Crippen MR) is 123 cm³/mol. The number of nitriles is 1. The van der Waals surface area contributed by atoms with Crippen LogP contribution in [0.25, 0.3) is 17.0 Å². The number of nitrogens with zero attached hydrogens (tertiary/aromatic N) is 3. The lowest BCUT2D eigenvalue weighted by Gasteiger charge is -2.29. The molecule has 2 heterocycles. The number of anilines is 1. The molecule has 0 N–H and O–H groups in total. The van der Waals surface area contributed by atoms with Gasteiger partial charge in [0.05, 0.1) is 18.7 Å². The second kappa shape index (κ2) is 9.55. The van der Waals surface area contributed by atoms with Crippen molar-refractivity contribution in [2.75, 3.05) is 31.2 Å². The maximum Gasteiger partial charge on any atom is 0.203 e. The molecule has 5 heteroatoms. The number of benzene rings is 2. The van der Waals surface area contributed by atoms with Crippen LogP contribution >= 0.6 is 0 Å². The van der Waals surface area contributed by atoms with Crippen molar-refractivity contribution in [2.45, 2.75) is 19.8 Å². The Balaban J connectivity index is 1.74. The number of carbonyl (C=O) groups is 1. The zero-order chi connectivity index (χ0) is 21.6. The van der Waals surface area contributed by atoms with Crippen molar-refractivity contribution < 1.29 is 9.53 Å². The molecule has 0 radical (unpaired) electrons. The standard InChI is InChI=1S/C26H25N3O2/c1-2-5-19-8-10-20(11-9-19)25(30)23(18-27)17-22-16-21-6-3-4-7-24(21)28-26(22)29-12-14-31-15-13-29/h3-4,6-11,16-17H,2,5,12-15H2,1H3/b23-17+. The fraction of sp³-hybridized carbons (Fsp3) is 0.269. The molecule has 1 aliphatic heterocycles. The van der Waals surface area contributed by atoms with Crippen LogP contribution in [0, 0.1) is 11.3 Å². The number of morpholine rings is 1. The summed E-state index contributed by atoms with van der Waals surface area (Å²) >= 11 is 0. The van der Waals surface area contributed by atoms with Gasteiger partial charge in [0.1, 0.15) is 17.5 Å². The van der Waals surface area contributed by atoms with Gasteiger partial charge in [0.15, 0.2) is 0 Å². The van der Waals surface area contributed by atoms with Crippen LogP contribution in [0.15, 0.2) is 60.2 Å². The van der Waals surface area contributed by atoms with Crippen LogP contribution in [-0.4, -0.2) is 37.1 Å². The van der Waals surface area contributed by atoms with Crippen molar-refractivity contribution in [3.8, 4) is 6.07 Å². The van der Waals surface area contributed by atoms with Gasteiger partial charge in [0, 0.05) is 29.6 Å². The Morgan fingerprint density at radius 2 is 1.90 bits per heavy atom. The first-order valence-electron chi connectivity index (χ1n) is 10.7. The third-order valence-corrected chi connectivity index (χ3v) is 5.46. The monoisotopic (exact) mass is 411 g/mol. The van der Waals surface area contributed by atoms with E-state index in [0.29, 0.717) is 18.8 Å². The van der Waals surface area contributed by atoms with Crippen molar-refractivity contribution in [1.29, 1.82) is 5.26 Å². The molecule has 0 amide bonds. The van der Waals surface area contributed by atoms with E-state index < -0.39 is 0 Å². The van der Waals surface area contributed by atoms with Crippen molar-refractivity contribution in [3.05, 3.63) is 76.9 Å². The molecule has 2 aromatic carbocycles. The number of ether oxygens (including phenoxy) is 1. The summed E-state index contributed by atoms with van der Waals surface area (Å²) in [5.74, 6) is 0.507. The van der Waals surface area contributed by atoms with Gasteiger partial charge in [0.25, 0.3) is 0 Å². The summed E-state index contributed by atoms with van der Waals surface area (Å²) in [7, 11) is 0. The molecule has 0 spiro atoms. The Bertz CT molecular complexity index is 1150. The first kappa shape index (κ1) is 20.8. The topological polar surface area (TPSA) is 66.2 Å². The highest BCUT2D eigenvalue weighted by molar-refractivity contribution is 6.14. The lowest BCUT2D eigenvalue weighted by Crippen LogP contribution is -2.37. The number of aromatic nitrogens is 1. The van der Waals surface area contributed by atoms with E-state index in [1.165, 1.54) is 5.56 Å². The molecule has 0 bridgehead atoms. The predicted octanol–water partition coefficient (Wildman–Crippen LogP) is 4.81. The summed E-state index contributed by atoms with van der Waals surface area (Å²) in [5, 5.41) is 10.8. The first-order chi connectivity index (χ1) is 15.2. The zero-order valence-corrected chi connectivity index (χ0v) is 17.7. The summed E-state index contributed by atoms with van der Waals surface area (Å²) in [6.45, 7) is 4.83. The van der Waals surface area contributed by atoms with Crippen LogP contribution in [0.2, 0.25) is 0 Å². The number of allylic oxidation sites excluding steroid dienone is 1. The smallest absolute Gasteiger partial charge is 0.203 e. The average molecular weight is 412 g/mol. The summed E-state index contributed by atoms with van der Waals surface area (Å²) in [4.78, 5) is 20.1. The van der Waals surface area contributed by atoms with Gasteiger partial charge in [-0.1, -0.05) is 55.8 Å². The van der Waals surface area contributed by atoms with Crippen LogP contribution in [-0.2, 0) is 11.2 Å². The van der Waals surface area contributed by atoms with Gasteiger partial charge in [-0.3, -0.25) is 4.79 Å². The van der Waals surface area contributed by atoms with E-state index in [1.807, 2.05) is 42.5 Å². The van der Waals surface area contributed by atoms with Gasteiger partial charge in [-0.2, -0.15) is 5.26 Å². The number of carbonyl (C=O) groups excluding carboxylic acids is 1. The minimum absolute atomic E-state index is 0.106. The molecule has 5 nitrogen and oxygen atoms in total. The van der Waals surface area contributed by atoms with E-state index in [2.05, 4.69) is 17.9 Å². The molecule has 3 aromatic rings. The maximum absolute atomic E-state index is 13.1. The van der Waals surface area contributed by atoms with Crippen molar-refractivity contribution >= 4 is 28.6 Å². The largest absolute Gasteiger partial charge is 0.378 e. The number of ketones is 1. The van der Waals surface area contributed by atoms with E-state index in [9.17, 15) is 10.1 Å². The number of rotatable bonds is 6. The molecule has 31 heavy (non-hydrogen) atoms. The molecule has 0 saturated carbocycles. The molecule has 0 aliphatic carbocycles. The van der Waals surface area contributed by atoms with E-state index in [4.69, 9.17) is 9.72 Å². The van der Waals surface area contributed by atoms with E-state index >= 15 is 0 Å². The number of hydrogen-bond acceptors (Lipinski definition) is 5. The van der Waals surface area contributed by atoms with Crippen molar-refractivity contribution in [1.82, 2.24) is 4.98 Å².